The molecule has 0 aliphatic carbocycles. The Kier molecular flexibility index (Phi) is 3.67. The third-order valence-electron chi connectivity index (χ3n) is 2.52. The number of benzene rings is 1. The standard InChI is InChI=1S/C12H19NO/c1-8(2)11(13)12(14)10-6-4-5-9(3)7-10/h4-8,11-12,14H,13H2,1-3H3. The second-order valence-corrected chi connectivity index (χ2v) is 4.18. The summed E-state index contributed by atoms with van der Waals surface area (Å²) in [5.41, 5.74) is 7.95. The summed E-state index contributed by atoms with van der Waals surface area (Å²) in [5, 5.41) is 9.96. The molecule has 2 nitrogen and oxygen atoms in total. The Morgan fingerprint density at radius 2 is 1.93 bits per heavy atom. The van der Waals surface area contributed by atoms with Gasteiger partial charge in [0.1, 0.15) is 0 Å². The van der Waals surface area contributed by atoms with Gasteiger partial charge in [-0.3, -0.25) is 0 Å². The summed E-state index contributed by atoms with van der Waals surface area (Å²) in [4.78, 5) is 0. The van der Waals surface area contributed by atoms with Gasteiger partial charge in [0, 0.05) is 6.04 Å². The lowest BCUT2D eigenvalue weighted by molar-refractivity contribution is 0.125. The summed E-state index contributed by atoms with van der Waals surface area (Å²) >= 11 is 0. The first kappa shape index (κ1) is 11.2. The van der Waals surface area contributed by atoms with Crippen LogP contribution in [0.3, 0.4) is 0 Å². The molecule has 1 aromatic rings. The zero-order valence-electron chi connectivity index (χ0n) is 9.07. The largest absolute Gasteiger partial charge is 0.387 e. The van der Waals surface area contributed by atoms with Gasteiger partial charge in [-0.15, -0.1) is 0 Å². The SMILES string of the molecule is Cc1cccc(C(O)C(N)C(C)C)c1. The first-order valence-electron chi connectivity index (χ1n) is 5.02. The number of hydrogen-bond donors (Lipinski definition) is 2. The van der Waals surface area contributed by atoms with Gasteiger partial charge in [0.25, 0.3) is 0 Å². The van der Waals surface area contributed by atoms with Crippen molar-refractivity contribution in [3.63, 3.8) is 0 Å². The van der Waals surface area contributed by atoms with Crippen LogP contribution in [0.1, 0.15) is 31.1 Å². The van der Waals surface area contributed by atoms with E-state index in [1.165, 1.54) is 0 Å². The maximum Gasteiger partial charge on any atom is 0.0943 e. The zero-order valence-corrected chi connectivity index (χ0v) is 9.07. The van der Waals surface area contributed by atoms with Crippen molar-refractivity contribution < 1.29 is 5.11 Å². The zero-order chi connectivity index (χ0) is 10.7. The van der Waals surface area contributed by atoms with Crippen LogP contribution in [0.5, 0.6) is 0 Å². The molecular formula is C12H19NO. The third-order valence-corrected chi connectivity index (χ3v) is 2.52. The molecule has 1 rings (SSSR count). The Hall–Kier alpha value is -0.860. The highest BCUT2D eigenvalue weighted by atomic mass is 16.3. The number of rotatable bonds is 3. The third kappa shape index (κ3) is 2.56. The minimum Gasteiger partial charge on any atom is -0.387 e. The Morgan fingerprint density at radius 3 is 2.43 bits per heavy atom. The monoisotopic (exact) mass is 193 g/mol. The van der Waals surface area contributed by atoms with E-state index in [0.29, 0.717) is 0 Å². The predicted octanol–water partition coefficient (Wildman–Crippen LogP) is 2.01. The van der Waals surface area contributed by atoms with Crippen molar-refractivity contribution in [2.75, 3.05) is 0 Å². The van der Waals surface area contributed by atoms with Crippen LogP contribution in [0.25, 0.3) is 0 Å². The minimum absolute atomic E-state index is 0.197. The van der Waals surface area contributed by atoms with Crippen molar-refractivity contribution >= 4 is 0 Å². The molecule has 0 fully saturated rings. The summed E-state index contributed by atoms with van der Waals surface area (Å²) in [6.45, 7) is 6.05. The minimum atomic E-state index is -0.560. The predicted molar refractivity (Wildman–Crippen MR) is 59.0 cm³/mol. The van der Waals surface area contributed by atoms with Crippen molar-refractivity contribution in [1.29, 1.82) is 0 Å². The summed E-state index contributed by atoms with van der Waals surface area (Å²) in [7, 11) is 0. The average Bonchev–Trinajstić information content (AvgIpc) is 2.15. The van der Waals surface area contributed by atoms with Gasteiger partial charge >= 0.3 is 0 Å². The van der Waals surface area contributed by atoms with E-state index in [4.69, 9.17) is 5.73 Å². The Balaban J connectivity index is 2.83. The lowest BCUT2D eigenvalue weighted by Gasteiger charge is -2.22. The Labute approximate surface area is 85.8 Å². The number of nitrogens with two attached hydrogens (primary N) is 1. The summed E-state index contributed by atoms with van der Waals surface area (Å²) in [6, 6.07) is 7.65. The topological polar surface area (TPSA) is 46.2 Å². The number of hydrogen-bond acceptors (Lipinski definition) is 2. The fourth-order valence-electron chi connectivity index (χ4n) is 1.44. The molecule has 2 heteroatoms. The Bertz CT molecular complexity index is 296. The van der Waals surface area contributed by atoms with Crippen LogP contribution in [0.15, 0.2) is 24.3 Å². The molecule has 2 unspecified atom stereocenters. The average molecular weight is 193 g/mol. The molecule has 2 atom stereocenters. The van der Waals surface area contributed by atoms with Crippen LogP contribution < -0.4 is 5.73 Å². The molecule has 0 spiro atoms. The van der Waals surface area contributed by atoms with Gasteiger partial charge < -0.3 is 10.8 Å². The van der Waals surface area contributed by atoms with Crippen molar-refractivity contribution in [1.82, 2.24) is 0 Å². The molecule has 0 saturated carbocycles. The van der Waals surface area contributed by atoms with Crippen LogP contribution in [-0.2, 0) is 0 Å². The van der Waals surface area contributed by atoms with Gasteiger partial charge in [-0.1, -0.05) is 43.7 Å². The van der Waals surface area contributed by atoms with E-state index < -0.39 is 6.10 Å². The second kappa shape index (κ2) is 4.58. The quantitative estimate of drug-likeness (QED) is 0.771. The molecule has 78 valence electrons. The van der Waals surface area contributed by atoms with Crippen LogP contribution in [0, 0.1) is 12.8 Å². The smallest absolute Gasteiger partial charge is 0.0943 e. The Morgan fingerprint density at radius 1 is 1.29 bits per heavy atom. The molecular weight excluding hydrogens is 174 g/mol. The van der Waals surface area contributed by atoms with Crippen LogP contribution in [0.4, 0.5) is 0 Å². The molecule has 0 amide bonds. The molecule has 1 aromatic carbocycles. The molecule has 0 aliphatic rings. The van der Waals surface area contributed by atoms with Crippen LogP contribution in [0.2, 0.25) is 0 Å². The molecule has 0 bridgehead atoms. The van der Waals surface area contributed by atoms with Crippen molar-refractivity contribution in [2.45, 2.75) is 32.9 Å². The normalized spacial score (nSPS) is 15.6. The van der Waals surface area contributed by atoms with Crippen molar-refractivity contribution in [3.8, 4) is 0 Å². The fourth-order valence-corrected chi connectivity index (χ4v) is 1.44. The van der Waals surface area contributed by atoms with E-state index in [1.54, 1.807) is 0 Å². The maximum absolute atomic E-state index is 9.96. The highest BCUT2D eigenvalue weighted by Gasteiger charge is 2.19. The van der Waals surface area contributed by atoms with Crippen molar-refractivity contribution in [3.05, 3.63) is 35.4 Å². The summed E-state index contributed by atoms with van der Waals surface area (Å²) in [6.07, 6.45) is -0.560. The molecule has 0 aliphatic heterocycles. The number of aryl methyl sites for hydroxylation is 1. The maximum atomic E-state index is 9.96. The van der Waals surface area contributed by atoms with Gasteiger partial charge in [-0.05, 0) is 18.4 Å². The van der Waals surface area contributed by atoms with Crippen LogP contribution >= 0.6 is 0 Å². The summed E-state index contributed by atoms with van der Waals surface area (Å²) in [5.74, 6) is 0.283. The first-order chi connectivity index (χ1) is 6.52. The van der Waals surface area contributed by atoms with E-state index in [1.807, 2.05) is 45.0 Å². The van der Waals surface area contributed by atoms with Gasteiger partial charge in [-0.2, -0.15) is 0 Å². The molecule has 0 aromatic heterocycles. The lowest BCUT2D eigenvalue weighted by Crippen LogP contribution is -2.33. The molecule has 3 N–H and O–H groups in total. The van der Waals surface area contributed by atoms with Crippen molar-refractivity contribution in [2.24, 2.45) is 11.7 Å². The van der Waals surface area contributed by atoms with E-state index in [-0.39, 0.29) is 12.0 Å². The van der Waals surface area contributed by atoms with Crippen LogP contribution in [-0.4, -0.2) is 11.1 Å². The van der Waals surface area contributed by atoms with Gasteiger partial charge in [0.05, 0.1) is 6.10 Å². The first-order valence-corrected chi connectivity index (χ1v) is 5.02. The van der Waals surface area contributed by atoms with E-state index in [9.17, 15) is 5.11 Å². The molecule has 14 heavy (non-hydrogen) atoms. The van der Waals surface area contributed by atoms with Gasteiger partial charge in [-0.25, -0.2) is 0 Å². The summed E-state index contributed by atoms with van der Waals surface area (Å²) < 4.78 is 0. The second-order valence-electron chi connectivity index (χ2n) is 4.18. The van der Waals surface area contributed by atoms with Gasteiger partial charge in [0.2, 0.25) is 0 Å². The highest BCUT2D eigenvalue weighted by molar-refractivity contribution is 5.25. The number of aliphatic hydroxyl groups excluding tert-OH is 1. The van der Waals surface area contributed by atoms with E-state index >= 15 is 0 Å². The lowest BCUT2D eigenvalue weighted by atomic mass is 9.94. The molecule has 0 heterocycles. The van der Waals surface area contributed by atoms with E-state index in [0.717, 1.165) is 11.1 Å². The van der Waals surface area contributed by atoms with E-state index in [2.05, 4.69) is 0 Å². The highest BCUT2D eigenvalue weighted by Crippen LogP contribution is 2.20. The van der Waals surface area contributed by atoms with Gasteiger partial charge in [0.15, 0.2) is 0 Å². The molecule has 0 radical (unpaired) electrons. The number of aliphatic hydroxyl groups is 1. The fraction of sp³-hybridized carbons (Fsp3) is 0.500. The molecule has 0 saturated heterocycles.